The van der Waals surface area contributed by atoms with Crippen molar-refractivity contribution in [1.82, 2.24) is 4.98 Å². The van der Waals surface area contributed by atoms with Gasteiger partial charge < -0.3 is 10.1 Å². The van der Waals surface area contributed by atoms with Gasteiger partial charge in [-0.05, 0) is 47.4 Å². The fourth-order valence-corrected chi connectivity index (χ4v) is 2.46. The number of aromatic nitrogens is 1. The average molecular weight is 279 g/mol. The van der Waals surface area contributed by atoms with Crippen LogP contribution in [0.2, 0.25) is 0 Å². The first-order valence-corrected chi connectivity index (χ1v) is 7.01. The van der Waals surface area contributed by atoms with Crippen molar-refractivity contribution in [3.63, 3.8) is 0 Å². The molecule has 1 aromatic heterocycles. The Morgan fingerprint density at radius 3 is 2.38 bits per heavy atom. The summed E-state index contributed by atoms with van der Waals surface area (Å²) in [6, 6.07) is 15.5. The lowest BCUT2D eigenvalue weighted by molar-refractivity contribution is 0.0697. The standard InChI is InChI=1S/C18H17NO2/c1-11(2)14-7-8-16-15(9-14)10-17(19-16)12-3-5-13(6-4-12)18(20)21/h3-11,19H,1-2H3,(H,20,21). The van der Waals surface area contributed by atoms with Crippen molar-refractivity contribution < 1.29 is 9.90 Å². The zero-order chi connectivity index (χ0) is 15.0. The summed E-state index contributed by atoms with van der Waals surface area (Å²) in [5.41, 5.74) is 4.70. The molecule has 0 bridgehead atoms. The van der Waals surface area contributed by atoms with E-state index < -0.39 is 5.97 Å². The summed E-state index contributed by atoms with van der Waals surface area (Å²) >= 11 is 0. The number of aromatic amines is 1. The Labute approximate surface area is 123 Å². The van der Waals surface area contributed by atoms with Crippen LogP contribution in [0, 0.1) is 0 Å². The number of fused-ring (bicyclic) bond motifs is 1. The van der Waals surface area contributed by atoms with Crippen molar-refractivity contribution in [2.24, 2.45) is 0 Å². The molecular formula is C18H17NO2. The van der Waals surface area contributed by atoms with Crippen LogP contribution in [0.5, 0.6) is 0 Å². The predicted octanol–water partition coefficient (Wildman–Crippen LogP) is 4.66. The lowest BCUT2D eigenvalue weighted by Gasteiger charge is -2.03. The van der Waals surface area contributed by atoms with Crippen LogP contribution in [0.3, 0.4) is 0 Å². The molecule has 0 atom stereocenters. The molecule has 0 aliphatic carbocycles. The Balaban J connectivity index is 2.02. The molecule has 0 unspecified atom stereocenters. The fraction of sp³-hybridized carbons (Fsp3) is 0.167. The van der Waals surface area contributed by atoms with Crippen molar-refractivity contribution in [3.05, 3.63) is 59.7 Å². The highest BCUT2D eigenvalue weighted by Gasteiger charge is 2.07. The normalized spacial score (nSPS) is 11.2. The molecule has 0 radical (unpaired) electrons. The molecule has 106 valence electrons. The van der Waals surface area contributed by atoms with Gasteiger partial charge in [0.15, 0.2) is 0 Å². The summed E-state index contributed by atoms with van der Waals surface area (Å²) in [6.45, 7) is 4.36. The second-order valence-corrected chi connectivity index (χ2v) is 5.57. The molecule has 0 fully saturated rings. The molecule has 0 saturated heterocycles. The van der Waals surface area contributed by atoms with E-state index in [0.29, 0.717) is 11.5 Å². The maximum absolute atomic E-state index is 10.9. The van der Waals surface area contributed by atoms with Gasteiger partial charge in [0, 0.05) is 16.6 Å². The Kier molecular flexibility index (Phi) is 3.26. The number of carboxylic acid groups (broad SMARTS) is 1. The van der Waals surface area contributed by atoms with Gasteiger partial charge in [0.1, 0.15) is 0 Å². The molecule has 0 aliphatic rings. The number of benzene rings is 2. The molecule has 2 N–H and O–H groups in total. The van der Waals surface area contributed by atoms with E-state index in [9.17, 15) is 4.79 Å². The van der Waals surface area contributed by atoms with E-state index in [4.69, 9.17) is 5.11 Å². The number of hydrogen-bond acceptors (Lipinski definition) is 1. The molecule has 0 amide bonds. The van der Waals surface area contributed by atoms with Crippen LogP contribution in [0.15, 0.2) is 48.5 Å². The quantitative estimate of drug-likeness (QED) is 0.732. The monoisotopic (exact) mass is 279 g/mol. The minimum Gasteiger partial charge on any atom is -0.478 e. The highest BCUT2D eigenvalue weighted by molar-refractivity contribution is 5.89. The summed E-state index contributed by atoms with van der Waals surface area (Å²) in [4.78, 5) is 14.3. The van der Waals surface area contributed by atoms with Gasteiger partial charge in [0.2, 0.25) is 0 Å². The van der Waals surface area contributed by atoms with Crippen LogP contribution < -0.4 is 0 Å². The van der Waals surface area contributed by atoms with Crippen molar-refractivity contribution in [3.8, 4) is 11.3 Å². The predicted molar refractivity (Wildman–Crippen MR) is 84.8 cm³/mol. The number of H-pyrrole nitrogens is 1. The van der Waals surface area contributed by atoms with Crippen LogP contribution in [-0.4, -0.2) is 16.1 Å². The molecule has 1 heterocycles. The lowest BCUT2D eigenvalue weighted by Crippen LogP contribution is -1.94. The lowest BCUT2D eigenvalue weighted by atomic mass is 10.0. The minimum absolute atomic E-state index is 0.303. The minimum atomic E-state index is -0.903. The third-order valence-electron chi connectivity index (χ3n) is 3.75. The van der Waals surface area contributed by atoms with E-state index in [-0.39, 0.29) is 0 Å². The Morgan fingerprint density at radius 1 is 1.05 bits per heavy atom. The zero-order valence-corrected chi connectivity index (χ0v) is 12.1. The molecule has 3 rings (SSSR count). The van der Waals surface area contributed by atoms with E-state index in [1.807, 2.05) is 12.1 Å². The molecule has 0 aliphatic heterocycles. The van der Waals surface area contributed by atoms with Gasteiger partial charge >= 0.3 is 5.97 Å². The maximum atomic E-state index is 10.9. The first-order valence-electron chi connectivity index (χ1n) is 7.01. The second-order valence-electron chi connectivity index (χ2n) is 5.57. The van der Waals surface area contributed by atoms with Gasteiger partial charge in [-0.15, -0.1) is 0 Å². The van der Waals surface area contributed by atoms with E-state index in [2.05, 4.69) is 43.1 Å². The van der Waals surface area contributed by atoms with Crippen LogP contribution >= 0.6 is 0 Å². The molecule has 0 spiro atoms. The van der Waals surface area contributed by atoms with Crippen molar-refractivity contribution in [2.45, 2.75) is 19.8 Å². The Morgan fingerprint density at radius 2 is 1.76 bits per heavy atom. The van der Waals surface area contributed by atoms with E-state index in [1.54, 1.807) is 12.1 Å². The van der Waals surface area contributed by atoms with Crippen LogP contribution in [-0.2, 0) is 0 Å². The van der Waals surface area contributed by atoms with Gasteiger partial charge in [-0.25, -0.2) is 4.79 Å². The fourth-order valence-electron chi connectivity index (χ4n) is 2.46. The average Bonchev–Trinajstić information content (AvgIpc) is 2.90. The first kappa shape index (κ1) is 13.4. The SMILES string of the molecule is CC(C)c1ccc2[nH]c(-c3ccc(C(=O)O)cc3)cc2c1. The number of carbonyl (C=O) groups is 1. The second kappa shape index (κ2) is 5.09. The highest BCUT2D eigenvalue weighted by Crippen LogP contribution is 2.27. The molecular weight excluding hydrogens is 262 g/mol. The number of rotatable bonds is 3. The van der Waals surface area contributed by atoms with Gasteiger partial charge in [-0.3, -0.25) is 0 Å². The zero-order valence-electron chi connectivity index (χ0n) is 12.1. The van der Waals surface area contributed by atoms with Crippen LogP contribution in [0.25, 0.3) is 22.2 Å². The van der Waals surface area contributed by atoms with Crippen molar-refractivity contribution in [2.75, 3.05) is 0 Å². The molecule has 3 nitrogen and oxygen atoms in total. The van der Waals surface area contributed by atoms with Crippen molar-refractivity contribution in [1.29, 1.82) is 0 Å². The Hall–Kier alpha value is -2.55. The summed E-state index contributed by atoms with van der Waals surface area (Å²) in [5, 5.41) is 10.1. The summed E-state index contributed by atoms with van der Waals surface area (Å²) in [6.07, 6.45) is 0. The molecule has 3 aromatic rings. The van der Waals surface area contributed by atoms with Crippen LogP contribution in [0.4, 0.5) is 0 Å². The van der Waals surface area contributed by atoms with Crippen molar-refractivity contribution >= 4 is 16.9 Å². The number of aromatic carboxylic acids is 1. The summed E-state index contributed by atoms with van der Waals surface area (Å²) < 4.78 is 0. The summed E-state index contributed by atoms with van der Waals surface area (Å²) in [5.74, 6) is -0.401. The van der Waals surface area contributed by atoms with Gasteiger partial charge in [0.25, 0.3) is 0 Å². The Bertz CT molecular complexity index is 798. The maximum Gasteiger partial charge on any atom is 0.335 e. The van der Waals surface area contributed by atoms with Gasteiger partial charge in [0.05, 0.1) is 5.56 Å². The summed E-state index contributed by atoms with van der Waals surface area (Å²) in [7, 11) is 0. The molecule has 21 heavy (non-hydrogen) atoms. The molecule has 3 heteroatoms. The molecule has 2 aromatic carbocycles. The van der Waals surface area contributed by atoms with E-state index in [1.165, 1.54) is 10.9 Å². The largest absolute Gasteiger partial charge is 0.478 e. The van der Waals surface area contributed by atoms with E-state index >= 15 is 0 Å². The number of hydrogen-bond donors (Lipinski definition) is 2. The molecule has 0 saturated carbocycles. The highest BCUT2D eigenvalue weighted by atomic mass is 16.4. The topological polar surface area (TPSA) is 53.1 Å². The number of carboxylic acids is 1. The van der Waals surface area contributed by atoms with Crippen LogP contribution in [0.1, 0.15) is 35.7 Å². The van der Waals surface area contributed by atoms with Gasteiger partial charge in [-0.2, -0.15) is 0 Å². The first-order chi connectivity index (χ1) is 10.0. The van der Waals surface area contributed by atoms with Gasteiger partial charge in [-0.1, -0.05) is 32.0 Å². The smallest absolute Gasteiger partial charge is 0.335 e. The van der Waals surface area contributed by atoms with E-state index in [0.717, 1.165) is 16.8 Å². The third-order valence-corrected chi connectivity index (χ3v) is 3.75. The third kappa shape index (κ3) is 2.55. The number of nitrogens with one attached hydrogen (secondary N) is 1.